The predicted molar refractivity (Wildman–Crippen MR) is 481 cm³/mol. The number of hydrogen-bond donors (Lipinski definition) is 9. The molecule has 133 heavy (non-hydrogen) atoms. The molecule has 0 radical (unpaired) electrons. The number of aromatic nitrogens is 4. The topological polar surface area (TPSA) is 437 Å². The van der Waals surface area contributed by atoms with Crippen molar-refractivity contribution in [3.63, 3.8) is 0 Å². The van der Waals surface area contributed by atoms with Crippen LogP contribution in [0.3, 0.4) is 0 Å². The molecular weight excluding hydrogens is 2010 g/mol. The second-order valence-electron chi connectivity index (χ2n) is 29.8. The summed E-state index contributed by atoms with van der Waals surface area (Å²) in [6.07, 6.45) is 0.693. The van der Waals surface area contributed by atoms with E-state index in [-0.39, 0.29) is 123 Å². The number of carbonyl (C=O) groups excluding carboxylic acids is 4. The second kappa shape index (κ2) is 44.3. The number of hydrogen-bond acceptors (Lipinski definition) is 33. The number of carboxylic acid groups (broad SMARTS) is 4. The zero-order chi connectivity index (χ0) is 95.5. The fourth-order valence-electron chi connectivity index (χ4n) is 15.3. The minimum absolute atomic E-state index is 0.0188. The van der Waals surface area contributed by atoms with Crippen LogP contribution in [0.4, 0.5) is 30.7 Å². The van der Waals surface area contributed by atoms with E-state index in [9.17, 15) is 89.5 Å². The summed E-state index contributed by atoms with van der Waals surface area (Å²) in [5.41, 5.74) is 3.67. The Bertz CT molecular complexity index is 5590. The molecule has 12 atom stereocenters. The van der Waals surface area contributed by atoms with E-state index in [1.165, 1.54) is 121 Å². The Balaban J connectivity index is 0.000000151. The van der Waals surface area contributed by atoms with Crippen LogP contribution in [0.1, 0.15) is 101 Å². The van der Waals surface area contributed by atoms with Crippen LogP contribution in [0.15, 0.2) is 193 Å². The van der Waals surface area contributed by atoms with Gasteiger partial charge in [0, 0.05) is 152 Å². The number of likely N-dealkylation sites (tertiary alicyclic amines) is 4. The number of aliphatic hydroxyl groups is 1. The van der Waals surface area contributed by atoms with Gasteiger partial charge in [0.05, 0.1) is 67.3 Å². The van der Waals surface area contributed by atoms with E-state index in [1.807, 2.05) is 0 Å². The van der Waals surface area contributed by atoms with Gasteiger partial charge in [-0.2, -0.15) is 0 Å². The molecule has 702 valence electrons. The maximum absolute atomic E-state index is 14.1. The highest BCUT2D eigenvalue weighted by molar-refractivity contribution is 9.10. The minimum atomic E-state index is -1.52. The number of esters is 4. The second-order valence-corrected chi connectivity index (χ2v) is 35.9. The number of aliphatic imine (C=N–C) groups is 4. The van der Waals surface area contributed by atoms with Crippen molar-refractivity contribution in [2.24, 2.45) is 20.0 Å². The van der Waals surface area contributed by atoms with E-state index in [0.717, 1.165) is 12.1 Å². The van der Waals surface area contributed by atoms with Gasteiger partial charge >= 0.3 is 47.8 Å². The number of β-amino-alcohol motifs (C(OH)–C–C–N with tert-alkyl or cyclic N) is 1. The highest BCUT2D eigenvalue weighted by Crippen LogP contribution is 2.44. The van der Waals surface area contributed by atoms with Crippen molar-refractivity contribution in [3.05, 3.63) is 249 Å². The zero-order valence-electron chi connectivity index (χ0n) is 70.0. The number of amidine groups is 4. The fourth-order valence-corrected chi connectivity index (χ4v) is 19.3. The Morgan fingerprint density at radius 1 is 0.414 bits per heavy atom. The first-order valence-corrected chi connectivity index (χ1v) is 46.4. The summed E-state index contributed by atoms with van der Waals surface area (Å²) in [7, 11) is 0. The zero-order valence-corrected chi connectivity index (χ0v) is 77.9. The van der Waals surface area contributed by atoms with Gasteiger partial charge in [0.2, 0.25) is 0 Å². The average Bonchev–Trinajstić information content (AvgIpc) is 1.65. The van der Waals surface area contributed by atoms with Gasteiger partial charge in [0.1, 0.15) is 84.1 Å². The molecule has 0 aliphatic carbocycles. The highest BCUT2D eigenvalue weighted by Gasteiger charge is 2.50. The molecule has 33 nitrogen and oxygen atoms in total. The van der Waals surface area contributed by atoms with E-state index in [4.69, 9.17) is 52.2 Å². The number of nitrogens with zero attached hydrogens (tertiary/aromatic N) is 12. The molecule has 0 bridgehead atoms. The first-order valence-electron chi connectivity index (χ1n) is 40.5. The summed E-state index contributed by atoms with van der Waals surface area (Å²) in [6, 6.07) is 7.42. The molecule has 48 heteroatoms. The van der Waals surface area contributed by atoms with Gasteiger partial charge in [0.15, 0.2) is 43.4 Å². The monoisotopic (exact) mass is 2080 g/mol. The Morgan fingerprint density at radius 3 is 0.940 bits per heavy atom. The number of nitrogens with one attached hydrogen (secondary N) is 4. The Hall–Kier alpha value is -11.2. The molecule has 4 aromatic heterocycles. The SMILES string of the molecule is CCOC(=O)C1=C(CN2CC(F)C2C(=O)O)NC(c2nccs2)=N[C@H]1c1ccc(F)cc1Br.CCOC(=O)C1=C(CN2CC(F)C2C(=O)O)NC(c2nccs2)=N[C@H]1c1ccc(F)cc1Cl.CCOC(=O)C1=C(CN2CC(F)C2CC(=O)O)NC(c2nccs2)=N[C@H]1c1ccc(F)cc1Cl.CCOC(=O)C1=C(CN2CC(O)C2C(=O)O)NC(c2nccs2)=N[C@H]1c1ccc(F)cc1Br. The van der Waals surface area contributed by atoms with Gasteiger partial charge in [0.25, 0.3) is 0 Å². The number of ether oxygens (including phenoxy) is 4. The fraction of sp³-hybridized carbons (Fsp3) is 0.341. The van der Waals surface area contributed by atoms with Gasteiger partial charge < -0.3 is 65.7 Å². The van der Waals surface area contributed by atoms with Crippen molar-refractivity contribution in [2.75, 3.05) is 78.8 Å². The first kappa shape index (κ1) is 99.3. The van der Waals surface area contributed by atoms with Crippen molar-refractivity contribution < 1.29 is 114 Å². The Labute approximate surface area is 794 Å². The van der Waals surface area contributed by atoms with Crippen LogP contribution in [0.2, 0.25) is 10.0 Å². The van der Waals surface area contributed by atoms with Crippen molar-refractivity contribution in [2.45, 2.75) is 107 Å². The first-order chi connectivity index (χ1) is 63.7. The van der Waals surface area contributed by atoms with Gasteiger partial charge in [-0.3, -0.25) is 58.7 Å². The molecule has 4 fully saturated rings. The molecule has 8 aliphatic heterocycles. The van der Waals surface area contributed by atoms with E-state index in [1.54, 1.807) is 78.9 Å². The Morgan fingerprint density at radius 2 is 0.692 bits per heavy atom. The summed E-state index contributed by atoms with van der Waals surface area (Å²) < 4.78 is 119. The van der Waals surface area contributed by atoms with E-state index in [0.29, 0.717) is 91.7 Å². The van der Waals surface area contributed by atoms with E-state index < -0.39 is 144 Å². The molecule has 12 heterocycles. The van der Waals surface area contributed by atoms with Crippen LogP contribution in [0.25, 0.3) is 0 Å². The number of carbonyl (C=O) groups is 8. The quantitative estimate of drug-likeness (QED) is 0.0119. The smallest absolute Gasteiger partial charge is 0.338 e. The van der Waals surface area contributed by atoms with Crippen LogP contribution in [-0.2, 0) is 57.3 Å². The lowest BCUT2D eigenvalue weighted by Gasteiger charge is -2.44. The molecule has 8 unspecified atom stereocenters. The molecule has 8 aromatic rings. The van der Waals surface area contributed by atoms with E-state index >= 15 is 0 Å². The van der Waals surface area contributed by atoms with Crippen LogP contribution < -0.4 is 21.3 Å². The molecule has 0 amide bonds. The Kier molecular flexibility index (Phi) is 33.1. The van der Waals surface area contributed by atoms with Gasteiger partial charge in [-0.1, -0.05) is 79.3 Å². The largest absolute Gasteiger partial charge is 0.481 e. The number of benzene rings is 4. The third-order valence-electron chi connectivity index (χ3n) is 21.4. The van der Waals surface area contributed by atoms with Crippen molar-refractivity contribution >= 4 is 172 Å². The average molecular weight is 2090 g/mol. The number of alkyl halides is 3. The van der Waals surface area contributed by atoms with Gasteiger partial charge in [-0.25, -0.2) is 69.8 Å². The third-order valence-corrected chi connectivity index (χ3v) is 26.6. The van der Waals surface area contributed by atoms with Crippen LogP contribution in [-0.4, -0.2) is 264 Å². The standard InChI is InChI=1S/C22H21ClF2N4O4S.C21H19BrF2N4O4S.C21H20BrFN4O5S.C21H19ClF2N4O4S/c1-2-33-22(32)18-15(10-29-9-14(25)16(29)8-17(30)31)27-20(21-26-5-6-34-21)28-19(18)12-4-3-11(24)7-13(12)23;1-2-32-21(31)15-14(9-28-8-13(24)17(28)20(29)30)26-18(19-25-5-6-33-19)27-16(15)11-4-3-10(23)7-12(11)22;1-2-32-21(31)15-13(8-27-9-14(28)17(27)20(29)30)25-18(19-24-5-6-33-19)26-16(15)11-4-3-10(23)7-12(11)22;1-2-32-21(31)15-14(9-28-8-13(24)17(28)20(29)30)26-18(19-25-5-6-33-19)27-16(15)11-4-3-10(23)7-12(11)22/h3-7,14,16,19H,2,8-10H2,1H3,(H,27,28)(H,30,31);3-7,13,16-17H,2,8-9H2,1H3,(H,26,27)(H,29,30);3-7,14,16-17,28H,2,8-9H2,1H3,(H,25,26)(H,29,30);3-7,13,16-17H,2,8-9H2,1H3,(H,26,27)(H,29,30)/t14?,16?,19-;13?,16-,17?;14?,16-,17?;13?,16-,17?/m0000/s1. The number of aliphatic carboxylic acids is 4. The van der Waals surface area contributed by atoms with Gasteiger partial charge in [-0.15, -0.1) is 45.3 Å². The third kappa shape index (κ3) is 22.9. The molecule has 8 aliphatic rings. The summed E-state index contributed by atoms with van der Waals surface area (Å²) in [4.78, 5) is 140. The molecular formula is C85H79Br2Cl2F7N16O17S4. The normalized spacial score (nSPS) is 22.8. The molecule has 0 saturated carbocycles. The molecule has 4 aromatic carbocycles. The number of halogens is 11. The lowest BCUT2D eigenvalue weighted by molar-refractivity contribution is -0.159. The highest BCUT2D eigenvalue weighted by atomic mass is 79.9. The molecule has 9 N–H and O–H groups in total. The molecule has 4 saturated heterocycles. The maximum atomic E-state index is 14.1. The van der Waals surface area contributed by atoms with E-state index in [2.05, 4.69) is 88.0 Å². The number of thiazole rings is 4. The van der Waals surface area contributed by atoms with Crippen LogP contribution >= 0.6 is 100 Å². The van der Waals surface area contributed by atoms with Crippen molar-refractivity contribution in [3.8, 4) is 0 Å². The molecule has 0 spiro atoms. The lowest BCUT2D eigenvalue weighted by Crippen LogP contribution is -2.64. The van der Waals surface area contributed by atoms with Gasteiger partial charge in [-0.05, 0) is 87.4 Å². The van der Waals surface area contributed by atoms with Crippen molar-refractivity contribution in [1.29, 1.82) is 0 Å². The number of carboxylic acids is 4. The number of rotatable bonds is 29. The summed E-state index contributed by atoms with van der Waals surface area (Å²) in [6.45, 7) is 6.93. The summed E-state index contributed by atoms with van der Waals surface area (Å²) >= 11 is 24.6. The minimum Gasteiger partial charge on any atom is -0.481 e. The van der Waals surface area contributed by atoms with Crippen LogP contribution in [0.5, 0.6) is 0 Å². The summed E-state index contributed by atoms with van der Waals surface area (Å²) in [5.74, 6) is -8.09. The maximum Gasteiger partial charge on any atom is 0.338 e. The summed E-state index contributed by atoms with van der Waals surface area (Å²) in [5, 5.41) is 68.9. The van der Waals surface area contributed by atoms with Crippen molar-refractivity contribution in [1.82, 2.24) is 60.8 Å². The predicted octanol–water partition coefficient (Wildman–Crippen LogP) is 11.4. The molecule has 16 rings (SSSR count). The lowest BCUT2D eigenvalue weighted by atomic mass is 9.93. The van der Waals surface area contributed by atoms with Crippen LogP contribution in [0, 0.1) is 23.3 Å². The number of aliphatic hydroxyl groups excluding tert-OH is 1.